The number of rotatable bonds is 5. The molecular formula is C23H32N6O3. The molecule has 2 aromatic heterocycles. The standard InChI is InChI=1S/C23H32N6O3/c1-2-29-21-18(13-26-29)20(27-16-5-3-14(4-6-16)22(30)31)17(12-25-21)19-11-23(32-28-19)9-7-15(24)8-10-23/h12-16H,2-11,24H2,1H3,(H,25,27)(H,30,31). The number of aromatic nitrogens is 3. The first-order valence-corrected chi connectivity index (χ1v) is 11.8. The van der Waals surface area contributed by atoms with E-state index in [9.17, 15) is 9.90 Å². The summed E-state index contributed by atoms with van der Waals surface area (Å²) in [6, 6.07) is 0.466. The number of fused-ring (bicyclic) bond motifs is 1. The van der Waals surface area contributed by atoms with Crippen LogP contribution in [-0.4, -0.2) is 49.2 Å². The Morgan fingerprint density at radius 3 is 2.69 bits per heavy atom. The molecule has 0 saturated heterocycles. The quantitative estimate of drug-likeness (QED) is 0.651. The summed E-state index contributed by atoms with van der Waals surface area (Å²) >= 11 is 0. The number of carbonyl (C=O) groups is 1. The Hall–Kier alpha value is -2.68. The van der Waals surface area contributed by atoms with Crippen molar-refractivity contribution in [1.29, 1.82) is 0 Å². The van der Waals surface area contributed by atoms with Crippen molar-refractivity contribution in [3.05, 3.63) is 18.0 Å². The van der Waals surface area contributed by atoms with Crippen molar-refractivity contribution in [2.24, 2.45) is 16.8 Å². The van der Waals surface area contributed by atoms with Gasteiger partial charge in [-0.3, -0.25) is 4.79 Å². The van der Waals surface area contributed by atoms with Gasteiger partial charge in [0.15, 0.2) is 5.65 Å². The van der Waals surface area contributed by atoms with Gasteiger partial charge in [-0.25, -0.2) is 9.67 Å². The van der Waals surface area contributed by atoms with E-state index in [1.54, 1.807) is 0 Å². The Balaban J connectivity index is 1.43. The Kier molecular flexibility index (Phi) is 5.53. The van der Waals surface area contributed by atoms with E-state index in [1.165, 1.54) is 0 Å². The number of hydrogen-bond donors (Lipinski definition) is 3. The lowest BCUT2D eigenvalue weighted by molar-refractivity contribution is -0.142. The molecule has 2 aromatic rings. The van der Waals surface area contributed by atoms with Crippen molar-refractivity contribution < 1.29 is 14.7 Å². The lowest BCUT2D eigenvalue weighted by Crippen LogP contribution is -2.39. The molecule has 3 heterocycles. The van der Waals surface area contributed by atoms with Crippen LogP contribution in [0.4, 0.5) is 5.69 Å². The average molecular weight is 441 g/mol. The van der Waals surface area contributed by atoms with Crippen molar-refractivity contribution in [1.82, 2.24) is 14.8 Å². The topological polar surface area (TPSA) is 128 Å². The number of nitrogens with one attached hydrogen (secondary N) is 1. The molecular weight excluding hydrogens is 408 g/mol. The Morgan fingerprint density at radius 1 is 1.25 bits per heavy atom. The molecule has 0 bridgehead atoms. The average Bonchev–Trinajstić information content (AvgIpc) is 3.41. The third kappa shape index (κ3) is 3.83. The third-order valence-corrected chi connectivity index (χ3v) is 7.48. The van der Waals surface area contributed by atoms with E-state index in [0.717, 1.165) is 79.5 Å². The minimum absolute atomic E-state index is 0.212. The minimum Gasteiger partial charge on any atom is -0.481 e. The first-order valence-electron chi connectivity index (χ1n) is 11.8. The van der Waals surface area contributed by atoms with Gasteiger partial charge in [0.25, 0.3) is 0 Å². The van der Waals surface area contributed by atoms with Gasteiger partial charge in [-0.05, 0) is 58.3 Å². The molecule has 2 saturated carbocycles. The third-order valence-electron chi connectivity index (χ3n) is 7.48. The zero-order valence-corrected chi connectivity index (χ0v) is 18.6. The maximum absolute atomic E-state index is 11.3. The Labute approximate surface area is 187 Å². The van der Waals surface area contributed by atoms with Crippen LogP contribution in [0, 0.1) is 5.92 Å². The fourth-order valence-corrected chi connectivity index (χ4v) is 5.42. The maximum Gasteiger partial charge on any atom is 0.306 e. The summed E-state index contributed by atoms with van der Waals surface area (Å²) in [7, 11) is 0. The SMILES string of the molecule is CCn1ncc2c(NC3CCC(C(=O)O)CC3)c(C3=NOC4(CCC(N)CC4)C3)cnc21. The molecule has 1 spiro atoms. The van der Waals surface area contributed by atoms with Gasteiger partial charge in [0.1, 0.15) is 5.60 Å². The van der Waals surface area contributed by atoms with Gasteiger partial charge in [0, 0.05) is 36.8 Å². The first-order chi connectivity index (χ1) is 15.5. The highest BCUT2D eigenvalue weighted by Crippen LogP contribution is 2.41. The largest absolute Gasteiger partial charge is 0.481 e. The van der Waals surface area contributed by atoms with E-state index in [1.807, 2.05) is 17.1 Å². The molecule has 1 aliphatic heterocycles. The predicted molar refractivity (Wildman–Crippen MR) is 122 cm³/mol. The van der Waals surface area contributed by atoms with Crippen LogP contribution in [0.1, 0.15) is 70.3 Å². The van der Waals surface area contributed by atoms with Crippen LogP contribution in [0.25, 0.3) is 11.0 Å². The number of carboxylic acid groups (broad SMARTS) is 1. The van der Waals surface area contributed by atoms with Crippen molar-refractivity contribution in [3.8, 4) is 0 Å². The van der Waals surface area contributed by atoms with Crippen LogP contribution in [0.5, 0.6) is 0 Å². The number of carboxylic acids is 1. The number of nitrogens with two attached hydrogens (primary N) is 1. The van der Waals surface area contributed by atoms with E-state index >= 15 is 0 Å². The van der Waals surface area contributed by atoms with Crippen molar-refractivity contribution in [3.63, 3.8) is 0 Å². The number of pyridine rings is 1. The smallest absolute Gasteiger partial charge is 0.306 e. The fraction of sp³-hybridized carbons (Fsp3) is 0.652. The highest BCUT2D eigenvalue weighted by atomic mass is 16.7. The minimum atomic E-state index is -0.686. The summed E-state index contributed by atoms with van der Waals surface area (Å²) in [6.45, 7) is 2.79. The molecule has 9 nitrogen and oxygen atoms in total. The molecule has 0 radical (unpaired) electrons. The predicted octanol–water partition coefficient (Wildman–Crippen LogP) is 3.27. The van der Waals surface area contributed by atoms with E-state index in [-0.39, 0.29) is 23.6 Å². The zero-order valence-electron chi connectivity index (χ0n) is 18.6. The van der Waals surface area contributed by atoms with Gasteiger partial charge in [0.05, 0.1) is 28.9 Å². The Bertz CT molecular complexity index is 1030. The summed E-state index contributed by atoms with van der Waals surface area (Å²) < 4.78 is 1.89. The number of aliphatic carboxylic acids is 1. The monoisotopic (exact) mass is 440 g/mol. The Morgan fingerprint density at radius 2 is 2.00 bits per heavy atom. The van der Waals surface area contributed by atoms with Crippen LogP contribution in [0.2, 0.25) is 0 Å². The van der Waals surface area contributed by atoms with Crippen LogP contribution in [-0.2, 0) is 16.2 Å². The summed E-state index contributed by atoms with van der Waals surface area (Å²) in [6.07, 6.45) is 11.3. The molecule has 0 aromatic carbocycles. The highest BCUT2D eigenvalue weighted by molar-refractivity contribution is 6.10. The molecule has 4 N–H and O–H groups in total. The molecule has 32 heavy (non-hydrogen) atoms. The molecule has 2 aliphatic carbocycles. The van der Waals surface area contributed by atoms with Crippen LogP contribution < -0.4 is 11.1 Å². The molecule has 172 valence electrons. The van der Waals surface area contributed by atoms with Crippen LogP contribution in [0.3, 0.4) is 0 Å². The number of anilines is 1. The highest BCUT2D eigenvalue weighted by Gasteiger charge is 2.43. The lowest BCUT2D eigenvalue weighted by Gasteiger charge is -2.33. The molecule has 0 unspecified atom stereocenters. The van der Waals surface area contributed by atoms with Crippen molar-refractivity contribution >= 4 is 28.4 Å². The van der Waals surface area contributed by atoms with Crippen LogP contribution >= 0.6 is 0 Å². The second kappa shape index (κ2) is 8.35. The second-order valence-electron chi connectivity index (χ2n) is 9.60. The molecule has 5 rings (SSSR count). The molecule has 0 atom stereocenters. The van der Waals surface area contributed by atoms with E-state index in [0.29, 0.717) is 12.8 Å². The van der Waals surface area contributed by atoms with Gasteiger partial charge in [0.2, 0.25) is 0 Å². The van der Waals surface area contributed by atoms with E-state index in [2.05, 4.69) is 22.5 Å². The van der Waals surface area contributed by atoms with Crippen molar-refractivity contribution in [2.45, 2.75) is 88.9 Å². The summed E-state index contributed by atoms with van der Waals surface area (Å²) in [4.78, 5) is 22.1. The van der Waals surface area contributed by atoms with E-state index < -0.39 is 5.97 Å². The number of oxime groups is 1. The van der Waals surface area contributed by atoms with E-state index in [4.69, 9.17) is 15.6 Å². The second-order valence-corrected chi connectivity index (χ2v) is 9.60. The van der Waals surface area contributed by atoms with Gasteiger partial charge in [-0.15, -0.1) is 0 Å². The van der Waals surface area contributed by atoms with Crippen molar-refractivity contribution in [2.75, 3.05) is 5.32 Å². The molecule has 9 heteroatoms. The molecule has 0 amide bonds. The van der Waals surface area contributed by atoms with Gasteiger partial charge in [-0.2, -0.15) is 5.10 Å². The first kappa shape index (κ1) is 21.2. The summed E-state index contributed by atoms with van der Waals surface area (Å²) in [5.74, 6) is -0.924. The number of nitrogens with zero attached hydrogens (tertiary/aromatic N) is 4. The number of hydrogen-bond acceptors (Lipinski definition) is 7. The zero-order chi connectivity index (χ0) is 22.3. The summed E-state index contributed by atoms with van der Waals surface area (Å²) in [5, 5.41) is 23.1. The number of aryl methyl sites for hydroxylation is 1. The maximum atomic E-state index is 11.3. The summed E-state index contributed by atoms with van der Waals surface area (Å²) in [5.41, 5.74) is 9.57. The van der Waals surface area contributed by atoms with Crippen LogP contribution in [0.15, 0.2) is 17.5 Å². The molecule has 2 fully saturated rings. The fourth-order valence-electron chi connectivity index (χ4n) is 5.42. The lowest BCUT2D eigenvalue weighted by atomic mass is 9.79. The van der Waals surface area contributed by atoms with Gasteiger partial charge in [-0.1, -0.05) is 5.16 Å². The normalized spacial score (nSPS) is 30.3. The van der Waals surface area contributed by atoms with Gasteiger partial charge < -0.3 is 21.0 Å². The van der Waals surface area contributed by atoms with Gasteiger partial charge >= 0.3 is 5.97 Å². The molecule has 3 aliphatic rings.